The zero-order chi connectivity index (χ0) is 11.8. The molecule has 0 spiro atoms. The second-order valence-electron chi connectivity index (χ2n) is 2.85. The third kappa shape index (κ3) is 4.51. The quantitative estimate of drug-likeness (QED) is 0.720. The Morgan fingerprint density at radius 3 is 2.88 bits per heavy atom. The molecule has 7 nitrogen and oxygen atoms in total. The average Bonchev–Trinajstić information content (AvgIpc) is 2.77. The lowest BCUT2D eigenvalue weighted by atomic mass is 10.4. The molecule has 2 amide bonds. The molecule has 0 atom stereocenters. The van der Waals surface area contributed by atoms with Crippen LogP contribution in [-0.2, 0) is 9.47 Å². The molecule has 16 heavy (non-hydrogen) atoms. The van der Waals surface area contributed by atoms with Gasteiger partial charge in [-0.2, -0.15) is 0 Å². The number of urea groups is 1. The first-order chi connectivity index (χ1) is 7.76. The van der Waals surface area contributed by atoms with Crippen molar-refractivity contribution in [3.05, 3.63) is 6.20 Å². The molecule has 0 aromatic carbocycles. The van der Waals surface area contributed by atoms with Gasteiger partial charge in [-0.1, -0.05) is 4.49 Å². The van der Waals surface area contributed by atoms with Crippen molar-refractivity contribution in [3.63, 3.8) is 0 Å². The van der Waals surface area contributed by atoms with Gasteiger partial charge < -0.3 is 14.8 Å². The molecule has 90 valence electrons. The lowest BCUT2D eigenvalue weighted by molar-refractivity contribution is -0.105. The number of carbonyl (C=O) groups excluding carboxylic acids is 1. The van der Waals surface area contributed by atoms with Crippen LogP contribution >= 0.6 is 11.5 Å². The Bertz CT molecular complexity index is 302. The highest BCUT2D eigenvalue weighted by Crippen LogP contribution is 2.08. The number of nitrogens with zero attached hydrogens (tertiary/aromatic N) is 2. The lowest BCUT2D eigenvalue weighted by Gasteiger charge is -2.13. The van der Waals surface area contributed by atoms with Gasteiger partial charge in [0.25, 0.3) is 0 Å². The van der Waals surface area contributed by atoms with Gasteiger partial charge in [-0.3, -0.25) is 5.32 Å². The maximum absolute atomic E-state index is 11.3. The maximum Gasteiger partial charge on any atom is 0.319 e. The minimum atomic E-state index is -0.301. The minimum Gasteiger partial charge on any atom is -0.356 e. The van der Waals surface area contributed by atoms with Gasteiger partial charge in [-0.25, -0.2) is 4.79 Å². The van der Waals surface area contributed by atoms with E-state index >= 15 is 0 Å². The molecule has 8 heteroatoms. The predicted octanol–water partition coefficient (Wildman–Crippen LogP) is 0.669. The fourth-order valence-electron chi connectivity index (χ4n) is 1.01. The molecule has 1 heterocycles. The molecule has 0 aliphatic rings. The average molecular weight is 246 g/mol. The monoisotopic (exact) mass is 246 g/mol. The summed E-state index contributed by atoms with van der Waals surface area (Å²) in [6.45, 7) is 0.463. The van der Waals surface area contributed by atoms with Crippen LogP contribution in [0.4, 0.5) is 9.80 Å². The first-order valence-corrected chi connectivity index (χ1v) is 5.41. The smallest absolute Gasteiger partial charge is 0.319 e. The van der Waals surface area contributed by atoms with Crippen molar-refractivity contribution in [2.24, 2.45) is 0 Å². The van der Waals surface area contributed by atoms with E-state index in [1.807, 2.05) is 0 Å². The first kappa shape index (κ1) is 12.8. The highest BCUT2D eigenvalue weighted by atomic mass is 32.1. The third-order valence-electron chi connectivity index (χ3n) is 1.79. The van der Waals surface area contributed by atoms with Gasteiger partial charge in [-0.15, -0.1) is 5.10 Å². The van der Waals surface area contributed by atoms with E-state index in [0.717, 1.165) is 11.5 Å². The molecule has 0 saturated carbocycles. The largest absolute Gasteiger partial charge is 0.356 e. The lowest BCUT2D eigenvalue weighted by Crippen LogP contribution is -2.31. The molecule has 0 fully saturated rings. The molecular weight excluding hydrogens is 232 g/mol. The Hall–Kier alpha value is -1.25. The van der Waals surface area contributed by atoms with Crippen LogP contribution in [0.1, 0.15) is 6.42 Å². The Kier molecular flexibility index (Phi) is 5.68. The number of ether oxygens (including phenoxy) is 2. The highest BCUT2D eigenvalue weighted by Gasteiger charge is 2.06. The van der Waals surface area contributed by atoms with Gasteiger partial charge >= 0.3 is 6.03 Å². The zero-order valence-electron chi connectivity index (χ0n) is 9.10. The summed E-state index contributed by atoms with van der Waals surface area (Å²) in [7, 11) is 3.11. The van der Waals surface area contributed by atoms with Crippen LogP contribution in [0.15, 0.2) is 6.20 Å². The molecule has 0 saturated heterocycles. The van der Waals surface area contributed by atoms with Crippen molar-refractivity contribution in [2.45, 2.75) is 12.7 Å². The highest BCUT2D eigenvalue weighted by molar-refractivity contribution is 7.10. The third-order valence-corrected chi connectivity index (χ3v) is 2.37. The molecule has 1 aromatic rings. The Morgan fingerprint density at radius 2 is 2.31 bits per heavy atom. The topological polar surface area (TPSA) is 85.4 Å². The van der Waals surface area contributed by atoms with Crippen LogP contribution in [-0.4, -0.2) is 42.7 Å². The molecule has 1 rings (SSSR count). The molecule has 0 radical (unpaired) electrons. The fraction of sp³-hybridized carbons (Fsp3) is 0.625. The number of rotatable bonds is 6. The number of hydrogen-bond acceptors (Lipinski definition) is 6. The van der Waals surface area contributed by atoms with E-state index < -0.39 is 0 Å². The van der Waals surface area contributed by atoms with Crippen molar-refractivity contribution < 1.29 is 14.3 Å². The Balaban J connectivity index is 2.15. The summed E-state index contributed by atoms with van der Waals surface area (Å²) in [5.41, 5.74) is 0. The number of methoxy groups -OCH3 is 2. The zero-order valence-corrected chi connectivity index (χ0v) is 9.91. The van der Waals surface area contributed by atoms with Gasteiger partial charge in [-0.05, 0) is 0 Å². The molecule has 0 unspecified atom stereocenters. The summed E-state index contributed by atoms with van der Waals surface area (Å²) >= 11 is 1.12. The Labute approximate surface area is 97.3 Å². The van der Waals surface area contributed by atoms with E-state index in [2.05, 4.69) is 20.2 Å². The van der Waals surface area contributed by atoms with E-state index in [4.69, 9.17) is 9.47 Å². The summed E-state index contributed by atoms with van der Waals surface area (Å²) in [5.74, 6) is 0. The fourth-order valence-corrected chi connectivity index (χ4v) is 1.43. The van der Waals surface area contributed by atoms with Crippen molar-refractivity contribution in [1.82, 2.24) is 14.9 Å². The van der Waals surface area contributed by atoms with Gasteiger partial charge in [0, 0.05) is 38.7 Å². The molecule has 2 N–H and O–H groups in total. The standard InChI is InChI=1S/C8H14N4O3S/c1-14-7(15-2)3-4-9-8(13)11-6-5-10-12-16-6/h5,7H,3-4H2,1-2H3,(H2,9,11,13). The summed E-state index contributed by atoms with van der Waals surface area (Å²) in [5, 5.41) is 9.46. The van der Waals surface area contributed by atoms with E-state index in [0.29, 0.717) is 18.0 Å². The second kappa shape index (κ2) is 7.09. The molecule has 0 aliphatic carbocycles. The van der Waals surface area contributed by atoms with Crippen molar-refractivity contribution in [2.75, 3.05) is 26.1 Å². The second-order valence-corrected chi connectivity index (χ2v) is 3.64. The summed E-state index contributed by atoms with van der Waals surface area (Å²) < 4.78 is 13.6. The van der Waals surface area contributed by atoms with Crippen LogP contribution in [0.3, 0.4) is 0 Å². The SMILES string of the molecule is COC(CCNC(=O)Nc1cnns1)OC. The predicted molar refractivity (Wildman–Crippen MR) is 59.4 cm³/mol. The number of anilines is 1. The number of aromatic nitrogens is 2. The molecule has 0 aliphatic heterocycles. The van der Waals surface area contributed by atoms with E-state index in [1.54, 1.807) is 14.2 Å². The van der Waals surface area contributed by atoms with Crippen molar-refractivity contribution in [3.8, 4) is 0 Å². The van der Waals surface area contributed by atoms with Crippen LogP contribution in [0.2, 0.25) is 0 Å². The van der Waals surface area contributed by atoms with Crippen molar-refractivity contribution in [1.29, 1.82) is 0 Å². The van der Waals surface area contributed by atoms with Gasteiger partial charge in [0.05, 0.1) is 6.20 Å². The molecule has 1 aromatic heterocycles. The van der Waals surface area contributed by atoms with Gasteiger partial charge in [0.2, 0.25) is 0 Å². The van der Waals surface area contributed by atoms with Crippen LogP contribution in [0, 0.1) is 0 Å². The maximum atomic E-state index is 11.3. The number of carbonyl (C=O) groups is 1. The first-order valence-electron chi connectivity index (χ1n) is 4.64. The van der Waals surface area contributed by atoms with Crippen LogP contribution in [0.25, 0.3) is 0 Å². The van der Waals surface area contributed by atoms with Crippen LogP contribution < -0.4 is 10.6 Å². The van der Waals surface area contributed by atoms with E-state index in [-0.39, 0.29) is 12.3 Å². The Morgan fingerprint density at radius 1 is 1.56 bits per heavy atom. The number of amides is 2. The van der Waals surface area contributed by atoms with Crippen molar-refractivity contribution >= 4 is 22.6 Å². The van der Waals surface area contributed by atoms with E-state index in [1.165, 1.54) is 6.20 Å². The molecule has 0 bridgehead atoms. The summed E-state index contributed by atoms with van der Waals surface area (Å²) in [4.78, 5) is 11.3. The van der Waals surface area contributed by atoms with Gasteiger partial charge in [0.1, 0.15) is 5.00 Å². The van der Waals surface area contributed by atoms with E-state index in [9.17, 15) is 4.79 Å². The molecular formula is C8H14N4O3S. The normalized spacial score (nSPS) is 10.4. The summed E-state index contributed by atoms with van der Waals surface area (Å²) in [6, 6.07) is -0.294. The number of hydrogen-bond donors (Lipinski definition) is 2. The van der Waals surface area contributed by atoms with Crippen LogP contribution in [0.5, 0.6) is 0 Å². The summed E-state index contributed by atoms with van der Waals surface area (Å²) in [6.07, 6.45) is 1.77. The number of nitrogens with one attached hydrogen (secondary N) is 2. The van der Waals surface area contributed by atoms with Gasteiger partial charge in [0.15, 0.2) is 6.29 Å². The minimum absolute atomic E-state index is 0.294.